The molecule has 0 aliphatic heterocycles. The van der Waals surface area contributed by atoms with Crippen LogP contribution in [0.5, 0.6) is 0 Å². The molecule has 88 valence electrons. The lowest BCUT2D eigenvalue weighted by Gasteiger charge is -2.18. The topological polar surface area (TPSA) is 78.4 Å². The quantitative estimate of drug-likeness (QED) is 0.593. The molecule has 0 heterocycles. The molecular formula is C10H20N2O3. The largest absolute Gasteiger partial charge is 0.480 e. The van der Waals surface area contributed by atoms with Crippen LogP contribution in [0.15, 0.2) is 0 Å². The van der Waals surface area contributed by atoms with Crippen molar-refractivity contribution in [2.45, 2.75) is 39.3 Å². The van der Waals surface area contributed by atoms with Crippen LogP contribution < -0.4 is 10.6 Å². The van der Waals surface area contributed by atoms with Gasteiger partial charge in [-0.1, -0.05) is 13.8 Å². The molecule has 0 saturated heterocycles. The summed E-state index contributed by atoms with van der Waals surface area (Å²) in [6.07, 6.45) is 0.442. The van der Waals surface area contributed by atoms with Gasteiger partial charge in [-0.05, 0) is 26.3 Å². The molecule has 0 spiro atoms. The maximum Gasteiger partial charge on any atom is 0.326 e. The fraction of sp³-hybridized carbons (Fsp3) is 0.800. The lowest BCUT2D eigenvalue weighted by molar-refractivity contribution is -0.142. The van der Waals surface area contributed by atoms with Gasteiger partial charge in [-0.15, -0.1) is 0 Å². The van der Waals surface area contributed by atoms with E-state index in [1.54, 1.807) is 14.0 Å². The van der Waals surface area contributed by atoms with Crippen molar-refractivity contribution in [3.63, 3.8) is 0 Å². The minimum Gasteiger partial charge on any atom is -0.480 e. The highest BCUT2D eigenvalue weighted by Crippen LogP contribution is 2.05. The molecule has 0 aromatic heterocycles. The first-order valence-electron chi connectivity index (χ1n) is 5.09. The Kier molecular flexibility index (Phi) is 5.93. The third-order valence-electron chi connectivity index (χ3n) is 2.15. The zero-order valence-corrected chi connectivity index (χ0v) is 9.70. The Balaban J connectivity index is 4.29. The lowest BCUT2D eigenvalue weighted by Crippen LogP contribution is -2.48. The SMILES string of the molecule is CNC(C)C(=O)N[C@H](CC(C)C)C(=O)O. The Hall–Kier alpha value is -1.10. The summed E-state index contributed by atoms with van der Waals surface area (Å²) in [4.78, 5) is 22.3. The van der Waals surface area contributed by atoms with E-state index in [9.17, 15) is 9.59 Å². The highest BCUT2D eigenvalue weighted by molar-refractivity contribution is 5.86. The van der Waals surface area contributed by atoms with Gasteiger partial charge in [0.2, 0.25) is 5.91 Å². The van der Waals surface area contributed by atoms with E-state index in [2.05, 4.69) is 10.6 Å². The van der Waals surface area contributed by atoms with E-state index < -0.39 is 12.0 Å². The molecule has 0 aromatic carbocycles. The molecule has 5 heteroatoms. The van der Waals surface area contributed by atoms with Crippen LogP contribution in [0.2, 0.25) is 0 Å². The Morgan fingerprint density at radius 2 is 1.80 bits per heavy atom. The van der Waals surface area contributed by atoms with E-state index in [4.69, 9.17) is 5.11 Å². The number of rotatable bonds is 6. The Morgan fingerprint density at radius 3 is 2.13 bits per heavy atom. The fourth-order valence-electron chi connectivity index (χ4n) is 1.12. The van der Waals surface area contributed by atoms with Crippen LogP contribution in [-0.2, 0) is 9.59 Å². The number of carboxylic acid groups (broad SMARTS) is 1. The normalized spacial score (nSPS) is 14.7. The second-order valence-corrected chi connectivity index (χ2v) is 4.04. The molecule has 1 unspecified atom stereocenters. The van der Waals surface area contributed by atoms with Crippen molar-refractivity contribution in [1.29, 1.82) is 0 Å². The van der Waals surface area contributed by atoms with Gasteiger partial charge in [0.25, 0.3) is 0 Å². The molecule has 0 aliphatic carbocycles. The van der Waals surface area contributed by atoms with Gasteiger partial charge in [0, 0.05) is 0 Å². The molecular weight excluding hydrogens is 196 g/mol. The van der Waals surface area contributed by atoms with E-state index in [1.807, 2.05) is 13.8 Å². The van der Waals surface area contributed by atoms with Crippen molar-refractivity contribution in [3.8, 4) is 0 Å². The Bertz CT molecular complexity index is 229. The molecule has 0 aromatic rings. The highest BCUT2D eigenvalue weighted by Gasteiger charge is 2.22. The number of carbonyl (C=O) groups excluding carboxylic acids is 1. The predicted octanol–water partition coefficient (Wildman–Crippen LogP) is 0.210. The maximum absolute atomic E-state index is 11.4. The third-order valence-corrected chi connectivity index (χ3v) is 2.15. The molecule has 15 heavy (non-hydrogen) atoms. The van der Waals surface area contributed by atoms with Gasteiger partial charge in [-0.25, -0.2) is 4.79 Å². The van der Waals surface area contributed by atoms with E-state index in [0.717, 1.165) is 0 Å². The summed E-state index contributed by atoms with van der Waals surface area (Å²) in [6, 6.07) is -1.17. The van der Waals surface area contributed by atoms with E-state index in [1.165, 1.54) is 0 Å². The Morgan fingerprint density at radius 1 is 1.27 bits per heavy atom. The van der Waals surface area contributed by atoms with Crippen molar-refractivity contribution >= 4 is 11.9 Å². The summed E-state index contributed by atoms with van der Waals surface area (Å²) in [6.45, 7) is 5.52. The van der Waals surface area contributed by atoms with Crippen LogP contribution in [-0.4, -0.2) is 36.1 Å². The fourth-order valence-corrected chi connectivity index (χ4v) is 1.12. The number of hydrogen-bond donors (Lipinski definition) is 3. The van der Waals surface area contributed by atoms with Crippen LogP contribution in [0.3, 0.4) is 0 Å². The van der Waals surface area contributed by atoms with Gasteiger partial charge >= 0.3 is 5.97 Å². The van der Waals surface area contributed by atoms with Gasteiger partial charge in [-0.3, -0.25) is 4.79 Å². The zero-order valence-electron chi connectivity index (χ0n) is 9.70. The van der Waals surface area contributed by atoms with Crippen molar-refractivity contribution in [2.24, 2.45) is 5.92 Å². The number of nitrogens with one attached hydrogen (secondary N) is 2. The van der Waals surface area contributed by atoms with Crippen LogP contribution in [0.25, 0.3) is 0 Å². The first-order valence-corrected chi connectivity index (χ1v) is 5.09. The van der Waals surface area contributed by atoms with Crippen LogP contribution in [0, 0.1) is 5.92 Å². The summed E-state index contributed by atoms with van der Waals surface area (Å²) in [5.74, 6) is -1.04. The lowest BCUT2D eigenvalue weighted by atomic mass is 10.0. The predicted molar refractivity (Wildman–Crippen MR) is 57.5 cm³/mol. The van der Waals surface area contributed by atoms with Gasteiger partial charge < -0.3 is 15.7 Å². The molecule has 0 saturated carbocycles. The summed E-state index contributed by atoms with van der Waals surface area (Å²) in [5, 5.41) is 14.1. The average molecular weight is 216 g/mol. The van der Waals surface area contributed by atoms with Gasteiger partial charge in [-0.2, -0.15) is 0 Å². The monoisotopic (exact) mass is 216 g/mol. The second-order valence-electron chi connectivity index (χ2n) is 4.04. The molecule has 0 fully saturated rings. The molecule has 2 atom stereocenters. The first-order chi connectivity index (χ1) is 6.88. The molecule has 0 aliphatic rings. The summed E-state index contributed by atoms with van der Waals surface area (Å²) in [5.41, 5.74) is 0. The molecule has 5 nitrogen and oxygen atoms in total. The molecule has 3 N–H and O–H groups in total. The number of carboxylic acids is 1. The molecule has 0 bridgehead atoms. The zero-order chi connectivity index (χ0) is 12.0. The number of carbonyl (C=O) groups is 2. The van der Waals surface area contributed by atoms with Gasteiger partial charge in [0.1, 0.15) is 6.04 Å². The van der Waals surface area contributed by atoms with E-state index in [0.29, 0.717) is 6.42 Å². The maximum atomic E-state index is 11.4. The Labute approximate surface area is 90.2 Å². The number of aliphatic carboxylic acids is 1. The van der Waals surface area contributed by atoms with E-state index in [-0.39, 0.29) is 17.9 Å². The average Bonchev–Trinajstić information content (AvgIpc) is 2.14. The van der Waals surface area contributed by atoms with Crippen molar-refractivity contribution in [3.05, 3.63) is 0 Å². The summed E-state index contributed by atoms with van der Waals surface area (Å²) < 4.78 is 0. The van der Waals surface area contributed by atoms with Crippen molar-refractivity contribution in [1.82, 2.24) is 10.6 Å². The van der Waals surface area contributed by atoms with Gasteiger partial charge in [0.05, 0.1) is 6.04 Å². The summed E-state index contributed by atoms with van der Waals surface area (Å²) in [7, 11) is 1.66. The standard InChI is InChI=1S/C10H20N2O3/c1-6(2)5-8(10(14)15)12-9(13)7(3)11-4/h6-8,11H,5H2,1-4H3,(H,12,13)(H,14,15)/t7?,8-/m1/s1. The molecule has 1 amide bonds. The third kappa shape index (κ3) is 5.37. The van der Waals surface area contributed by atoms with Gasteiger partial charge in [0.15, 0.2) is 0 Å². The van der Waals surface area contributed by atoms with Crippen LogP contribution >= 0.6 is 0 Å². The van der Waals surface area contributed by atoms with Crippen LogP contribution in [0.1, 0.15) is 27.2 Å². The smallest absolute Gasteiger partial charge is 0.326 e. The first kappa shape index (κ1) is 13.9. The number of amides is 1. The van der Waals surface area contributed by atoms with Crippen LogP contribution in [0.4, 0.5) is 0 Å². The molecule has 0 rings (SSSR count). The second kappa shape index (κ2) is 6.40. The van der Waals surface area contributed by atoms with Crippen molar-refractivity contribution < 1.29 is 14.7 Å². The van der Waals surface area contributed by atoms with E-state index >= 15 is 0 Å². The summed E-state index contributed by atoms with van der Waals surface area (Å²) >= 11 is 0. The number of hydrogen-bond acceptors (Lipinski definition) is 3. The number of likely N-dealkylation sites (N-methyl/N-ethyl adjacent to an activating group) is 1. The highest BCUT2D eigenvalue weighted by atomic mass is 16.4. The molecule has 0 radical (unpaired) electrons. The van der Waals surface area contributed by atoms with Crippen molar-refractivity contribution in [2.75, 3.05) is 7.05 Å². The minimum atomic E-state index is -0.986. The minimum absolute atomic E-state index is 0.233.